The van der Waals surface area contributed by atoms with Gasteiger partial charge in [-0.3, -0.25) is 4.79 Å². The van der Waals surface area contributed by atoms with E-state index in [4.69, 9.17) is 0 Å². The van der Waals surface area contributed by atoms with Gasteiger partial charge in [-0.25, -0.2) is 0 Å². The van der Waals surface area contributed by atoms with Gasteiger partial charge in [-0.15, -0.1) is 0 Å². The summed E-state index contributed by atoms with van der Waals surface area (Å²) in [5, 5.41) is 2.23. The second kappa shape index (κ2) is 6.96. The standard InChI is InChI=1S/C23H16OS/c24-23(20-11-10-17-6-4-5-7-19(17)16-20)18-12-14-22(15-13-18)25-21-8-2-1-3-9-21/h1-16H. The van der Waals surface area contributed by atoms with E-state index in [0.717, 1.165) is 21.2 Å². The molecule has 2 heteroatoms. The van der Waals surface area contributed by atoms with Gasteiger partial charge in [0.15, 0.2) is 5.78 Å². The molecule has 0 bridgehead atoms. The highest BCUT2D eigenvalue weighted by Gasteiger charge is 2.10. The molecule has 4 aromatic rings. The van der Waals surface area contributed by atoms with Gasteiger partial charge in [-0.05, 0) is 53.2 Å². The minimum absolute atomic E-state index is 0.0574. The predicted molar refractivity (Wildman–Crippen MR) is 104 cm³/mol. The Morgan fingerprint density at radius 1 is 0.560 bits per heavy atom. The topological polar surface area (TPSA) is 17.1 Å². The molecule has 0 saturated carbocycles. The summed E-state index contributed by atoms with van der Waals surface area (Å²) in [5.74, 6) is 0.0574. The largest absolute Gasteiger partial charge is 0.289 e. The molecular weight excluding hydrogens is 324 g/mol. The highest BCUT2D eigenvalue weighted by atomic mass is 32.2. The minimum Gasteiger partial charge on any atom is -0.289 e. The van der Waals surface area contributed by atoms with Crippen molar-refractivity contribution < 1.29 is 4.79 Å². The first kappa shape index (κ1) is 15.7. The summed E-state index contributed by atoms with van der Waals surface area (Å²) in [6, 6.07) is 32.0. The Kier molecular flexibility index (Phi) is 4.36. The first-order chi connectivity index (χ1) is 12.3. The molecule has 0 aliphatic rings. The maximum absolute atomic E-state index is 12.8. The zero-order valence-corrected chi connectivity index (χ0v) is 14.4. The maximum atomic E-state index is 12.8. The lowest BCUT2D eigenvalue weighted by Crippen LogP contribution is -2.00. The van der Waals surface area contributed by atoms with Gasteiger partial charge in [0.2, 0.25) is 0 Å². The lowest BCUT2D eigenvalue weighted by molar-refractivity contribution is 0.103. The second-order valence-corrected chi connectivity index (χ2v) is 6.98. The number of ketones is 1. The van der Waals surface area contributed by atoms with Crippen LogP contribution in [0.2, 0.25) is 0 Å². The number of carbonyl (C=O) groups excluding carboxylic acids is 1. The van der Waals surface area contributed by atoms with Crippen LogP contribution in [0.15, 0.2) is 107 Å². The normalized spacial score (nSPS) is 10.7. The SMILES string of the molecule is O=C(c1ccc(Sc2ccccc2)cc1)c1ccc2ccccc2c1. The first-order valence-electron chi connectivity index (χ1n) is 8.16. The zero-order valence-electron chi connectivity index (χ0n) is 13.6. The molecule has 0 fully saturated rings. The average molecular weight is 340 g/mol. The van der Waals surface area contributed by atoms with Crippen LogP contribution in [0.25, 0.3) is 10.8 Å². The molecule has 0 aliphatic carbocycles. The third-order valence-electron chi connectivity index (χ3n) is 4.11. The highest BCUT2D eigenvalue weighted by Crippen LogP contribution is 2.28. The van der Waals surface area contributed by atoms with Crippen molar-refractivity contribution >= 4 is 28.3 Å². The van der Waals surface area contributed by atoms with Crippen LogP contribution in [-0.2, 0) is 0 Å². The van der Waals surface area contributed by atoms with Crippen LogP contribution in [0, 0.1) is 0 Å². The fourth-order valence-electron chi connectivity index (χ4n) is 2.80. The van der Waals surface area contributed by atoms with Crippen molar-refractivity contribution in [3.8, 4) is 0 Å². The number of hydrogen-bond acceptors (Lipinski definition) is 2. The summed E-state index contributed by atoms with van der Waals surface area (Å²) in [4.78, 5) is 15.1. The van der Waals surface area contributed by atoms with Gasteiger partial charge in [-0.1, -0.05) is 66.4 Å². The molecule has 0 radical (unpaired) electrons. The van der Waals surface area contributed by atoms with Crippen molar-refractivity contribution in [2.45, 2.75) is 9.79 Å². The summed E-state index contributed by atoms with van der Waals surface area (Å²) in [5.41, 5.74) is 1.44. The van der Waals surface area contributed by atoms with Crippen LogP contribution in [0.3, 0.4) is 0 Å². The van der Waals surface area contributed by atoms with Gasteiger partial charge < -0.3 is 0 Å². The van der Waals surface area contributed by atoms with Crippen LogP contribution in [-0.4, -0.2) is 5.78 Å². The fourth-order valence-corrected chi connectivity index (χ4v) is 3.63. The van der Waals surface area contributed by atoms with Crippen LogP contribution >= 0.6 is 11.8 Å². The molecule has 0 N–H and O–H groups in total. The Bertz CT molecular complexity index is 1020. The number of rotatable bonds is 4. The van der Waals surface area contributed by atoms with Crippen molar-refractivity contribution in [3.63, 3.8) is 0 Å². The van der Waals surface area contributed by atoms with Gasteiger partial charge in [0, 0.05) is 20.9 Å². The Morgan fingerprint density at radius 3 is 1.92 bits per heavy atom. The summed E-state index contributed by atoms with van der Waals surface area (Å²) < 4.78 is 0. The zero-order chi connectivity index (χ0) is 17.1. The summed E-state index contributed by atoms with van der Waals surface area (Å²) >= 11 is 1.69. The number of hydrogen-bond donors (Lipinski definition) is 0. The van der Waals surface area contributed by atoms with Crippen molar-refractivity contribution in [2.75, 3.05) is 0 Å². The lowest BCUT2D eigenvalue weighted by atomic mass is 10.00. The van der Waals surface area contributed by atoms with E-state index in [9.17, 15) is 4.79 Å². The minimum atomic E-state index is 0.0574. The number of fused-ring (bicyclic) bond motifs is 1. The van der Waals surface area contributed by atoms with E-state index in [2.05, 4.69) is 18.2 Å². The molecule has 4 rings (SSSR count). The number of benzene rings is 4. The van der Waals surface area contributed by atoms with E-state index in [0.29, 0.717) is 5.56 Å². The molecule has 0 atom stereocenters. The maximum Gasteiger partial charge on any atom is 0.193 e. The van der Waals surface area contributed by atoms with Crippen LogP contribution in [0.4, 0.5) is 0 Å². The number of carbonyl (C=O) groups is 1. The average Bonchev–Trinajstić information content (AvgIpc) is 2.68. The molecule has 25 heavy (non-hydrogen) atoms. The molecule has 0 saturated heterocycles. The van der Waals surface area contributed by atoms with Gasteiger partial charge in [0.1, 0.15) is 0 Å². The van der Waals surface area contributed by atoms with E-state index in [-0.39, 0.29) is 5.78 Å². The highest BCUT2D eigenvalue weighted by molar-refractivity contribution is 7.99. The summed E-state index contributed by atoms with van der Waals surface area (Å²) in [7, 11) is 0. The quantitative estimate of drug-likeness (QED) is 0.410. The van der Waals surface area contributed by atoms with E-state index in [1.807, 2.05) is 78.9 Å². The Hall–Kier alpha value is -2.84. The van der Waals surface area contributed by atoms with Gasteiger partial charge >= 0.3 is 0 Å². The van der Waals surface area contributed by atoms with Crippen molar-refractivity contribution in [1.82, 2.24) is 0 Å². The first-order valence-corrected chi connectivity index (χ1v) is 8.98. The molecule has 0 aliphatic heterocycles. The van der Waals surface area contributed by atoms with Crippen molar-refractivity contribution in [1.29, 1.82) is 0 Å². The third kappa shape index (κ3) is 3.49. The Labute approximate surface area is 151 Å². The van der Waals surface area contributed by atoms with Crippen LogP contribution < -0.4 is 0 Å². The van der Waals surface area contributed by atoms with E-state index in [1.54, 1.807) is 11.8 Å². The van der Waals surface area contributed by atoms with E-state index in [1.165, 1.54) is 4.90 Å². The van der Waals surface area contributed by atoms with Crippen LogP contribution in [0.1, 0.15) is 15.9 Å². The van der Waals surface area contributed by atoms with Gasteiger partial charge in [0.25, 0.3) is 0 Å². The molecule has 0 spiro atoms. The summed E-state index contributed by atoms with van der Waals surface area (Å²) in [6.45, 7) is 0. The summed E-state index contributed by atoms with van der Waals surface area (Å²) in [6.07, 6.45) is 0. The smallest absolute Gasteiger partial charge is 0.193 e. The molecule has 0 heterocycles. The molecule has 0 unspecified atom stereocenters. The van der Waals surface area contributed by atoms with Crippen molar-refractivity contribution in [2.24, 2.45) is 0 Å². The predicted octanol–water partition coefficient (Wildman–Crippen LogP) is 6.22. The monoisotopic (exact) mass is 340 g/mol. The molecule has 0 amide bonds. The Balaban J connectivity index is 1.57. The van der Waals surface area contributed by atoms with E-state index < -0.39 is 0 Å². The third-order valence-corrected chi connectivity index (χ3v) is 5.12. The molecular formula is C23H16OS. The van der Waals surface area contributed by atoms with Gasteiger partial charge in [0.05, 0.1) is 0 Å². The van der Waals surface area contributed by atoms with Gasteiger partial charge in [-0.2, -0.15) is 0 Å². The fraction of sp³-hybridized carbons (Fsp3) is 0. The van der Waals surface area contributed by atoms with E-state index >= 15 is 0 Å². The van der Waals surface area contributed by atoms with Crippen LogP contribution in [0.5, 0.6) is 0 Å². The van der Waals surface area contributed by atoms with Crippen molar-refractivity contribution in [3.05, 3.63) is 108 Å². The molecule has 1 nitrogen and oxygen atoms in total. The lowest BCUT2D eigenvalue weighted by Gasteiger charge is -2.05. The molecule has 0 aromatic heterocycles. The second-order valence-electron chi connectivity index (χ2n) is 5.83. The molecule has 4 aromatic carbocycles. The molecule has 120 valence electrons. The Morgan fingerprint density at radius 2 is 1.16 bits per heavy atom.